The molecule has 4 rings (SSSR count). The molecule has 1 N–H and O–H groups in total. The molecule has 0 bridgehead atoms. The molecule has 2 aromatic heterocycles. The molecular weight excluding hydrogens is 296 g/mol. The van der Waals surface area contributed by atoms with E-state index < -0.39 is 0 Å². The van der Waals surface area contributed by atoms with E-state index in [-0.39, 0.29) is 0 Å². The third-order valence-electron chi connectivity index (χ3n) is 4.74. The van der Waals surface area contributed by atoms with E-state index in [0.717, 1.165) is 30.9 Å². The molecule has 0 spiro atoms. The predicted molar refractivity (Wildman–Crippen MR) is 96.6 cm³/mol. The van der Waals surface area contributed by atoms with Gasteiger partial charge in [-0.05, 0) is 67.2 Å². The first-order chi connectivity index (χ1) is 11.8. The van der Waals surface area contributed by atoms with Crippen molar-refractivity contribution in [3.05, 3.63) is 60.6 Å². The number of pyridine rings is 1. The molecule has 1 aliphatic heterocycles. The molecule has 3 heterocycles. The molecule has 1 unspecified atom stereocenters. The minimum absolute atomic E-state index is 0.698. The highest BCUT2D eigenvalue weighted by molar-refractivity contribution is 5.72. The van der Waals surface area contributed by atoms with Crippen LogP contribution in [0.15, 0.2) is 55.0 Å². The molecule has 0 aliphatic carbocycles. The Balaban J connectivity index is 1.59. The Hall–Kier alpha value is -2.46. The van der Waals surface area contributed by atoms with E-state index in [2.05, 4.69) is 64.5 Å². The average Bonchev–Trinajstić information content (AvgIpc) is 3.28. The molecule has 1 aromatic carbocycles. The first kappa shape index (κ1) is 15.1. The van der Waals surface area contributed by atoms with E-state index in [1.165, 1.54) is 23.1 Å². The molecule has 0 amide bonds. The Bertz CT molecular complexity index is 831. The summed E-state index contributed by atoms with van der Waals surface area (Å²) in [5.74, 6) is 0.698. The number of nitrogens with one attached hydrogen (secondary N) is 1. The molecule has 1 atom stereocenters. The molecule has 4 heteroatoms. The van der Waals surface area contributed by atoms with Crippen LogP contribution in [0, 0.1) is 12.8 Å². The van der Waals surface area contributed by atoms with Gasteiger partial charge in [-0.15, -0.1) is 0 Å². The van der Waals surface area contributed by atoms with Gasteiger partial charge in [0.2, 0.25) is 0 Å². The smallest absolute Gasteiger partial charge is 0.0923 e. The van der Waals surface area contributed by atoms with E-state index in [1.54, 1.807) is 0 Å². The van der Waals surface area contributed by atoms with Gasteiger partial charge >= 0.3 is 0 Å². The van der Waals surface area contributed by atoms with Gasteiger partial charge in [-0.1, -0.05) is 18.2 Å². The molecule has 122 valence electrons. The molecule has 24 heavy (non-hydrogen) atoms. The quantitative estimate of drug-likeness (QED) is 0.800. The summed E-state index contributed by atoms with van der Waals surface area (Å²) in [5, 5.41) is 8.19. The highest BCUT2D eigenvalue weighted by Gasteiger charge is 2.15. The molecule has 4 nitrogen and oxygen atoms in total. The summed E-state index contributed by atoms with van der Waals surface area (Å²) in [6.07, 6.45) is 7.09. The van der Waals surface area contributed by atoms with Crippen LogP contribution in [0.5, 0.6) is 0 Å². The van der Waals surface area contributed by atoms with Crippen molar-refractivity contribution in [3.8, 4) is 22.4 Å². The predicted octanol–water partition coefficient (Wildman–Crippen LogP) is 3.53. The molecule has 0 radical (unpaired) electrons. The SMILES string of the molecule is Cc1cnccc1-c1cccc(-c2ccn(CC3CCNC3)n2)c1. The van der Waals surface area contributed by atoms with Gasteiger partial charge in [0.25, 0.3) is 0 Å². The fourth-order valence-electron chi connectivity index (χ4n) is 3.40. The summed E-state index contributed by atoms with van der Waals surface area (Å²) in [6, 6.07) is 12.8. The fourth-order valence-corrected chi connectivity index (χ4v) is 3.40. The Kier molecular flexibility index (Phi) is 4.13. The monoisotopic (exact) mass is 318 g/mol. The van der Waals surface area contributed by atoms with Crippen LogP contribution in [0.3, 0.4) is 0 Å². The maximum Gasteiger partial charge on any atom is 0.0923 e. The summed E-state index contributed by atoms with van der Waals surface area (Å²) >= 11 is 0. The van der Waals surface area contributed by atoms with E-state index in [1.807, 2.05) is 12.4 Å². The van der Waals surface area contributed by atoms with Crippen LogP contribution in [0.25, 0.3) is 22.4 Å². The average molecular weight is 318 g/mol. The van der Waals surface area contributed by atoms with E-state index in [9.17, 15) is 0 Å². The molecule has 1 aliphatic rings. The fraction of sp³-hybridized carbons (Fsp3) is 0.300. The van der Waals surface area contributed by atoms with Crippen LogP contribution in [-0.4, -0.2) is 27.9 Å². The van der Waals surface area contributed by atoms with Crippen LogP contribution < -0.4 is 5.32 Å². The second-order valence-electron chi connectivity index (χ2n) is 6.55. The summed E-state index contributed by atoms with van der Waals surface area (Å²) in [4.78, 5) is 4.18. The van der Waals surface area contributed by atoms with Gasteiger partial charge in [-0.2, -0.15) is 5.10 Å². The zero-order valence-corrected chi connectivity index (χ0v) is 13.9. The summed E-state index contributed by atoms with van der Waals surface area (Å²) < 4.78 is 2.08. The zero-order valence-electron chi connectivity index (χ0n) is 13.9. The van der Waals surface area contributed by atoms with Crippen LogP contribution >= 0.6 is 0 Å². The lowest BCUT2D eigenvalue weighted by Gasteiger charge is -2.08. The minimum Gasteiger partial charge on any atom is -0.316 e. The summed E-state index contributed by atoms with van der Waals surface area (Å²) in [6.45, 7) is 5.33. The summed E-state index contributed by atoms with van der Waals surface area (Å²) in [5.41, 5.74) is 5.82. The Morgan fingerprint density at radius 3 is 2.96 bits per heavy atom. The van der Waals surface area contributed by atoms with Crippen molar-refractivity contribution in [2.75, 3.05) is 13.1 Å². The topological polar surface area (TPSA) is 42.7 Å². The first-order valence-corrected chi connectivity index (χ1v) is 8.55. The van der Waals surface area contributed by atoms with Crippen LogP contribution in [0.1, 0.15) is 12.0 Å². The number of aromatic nitrogens is 3. The lowest BCUT2D eigenvalue weighted by molar-refractivity contribution is 0.450. The zero-order chi connectivity index (χ0) is 16.4. The largest absolute Gasteiger partial charge is 0.316 e. The van der Waals surface area contributed by atoms with Crippen LogP contribution in [0.4, 0.5) is 0 Å². The van der Waals surface area contributed by atoms with Gasteiger partial charge in [0.15, 0.2) is 0 Å². The lowest BCUT2D eigenvalue weighted by atomic mass is 10.00. The maximum atomic E-state index is 4.78. The van der Waals surface area contributed by atoms with Crippen molar-refractivity contribution in [2.45, 2.75) is 19.9 Å². The lowest BCUT2D eigenvalue weighted by Crippen LogP contribution is -2.14. The van der Waals surface area contributed by atoms with Crippen molar-refractivity contribution < 1.29 is 0 Å². The van der Waals surface area contributed by atoms with E-state index in [0.29, 0.717) is 5.92 Å². The van der Waals surface area contributed by atoms with Gasteiger partial charge in [0.1, 0.15) is 0 Å². The van der Waals surface area contributed by atoms with Crippen molar-refractivity contribution in [1.29, 1.82) is 0 Å². The van der Waals surface area contributed by atoms with Crippen molar-refractivity contribution in [2.24, 2.45) is 5.92 Å². The molecule has 0 saturated carbocycles. The Labute approximate surface area is 142 Å². The van der Waals surface area contributed by atoms with E-state index >= 15 is 0 Å². The molecule has 1 saturated heterocycles. The van der Waals surface area contributed by atoms with Gasteiger partial charge in [0, 0.05) is 30.7 Å². The third kappa shape index (κ3) is 3.10. The minimum atomic E-state index is 0.698. The highest BCUT2D eigenvalue weighted by Crippen LogP contribution is 2.27. The molecular formula is C20H22N4. The number of rotatable bonds is 4. The number of aryl methyl sites for hydroxylation is 1. The van der Waals surface area contributed by atoms with Crippen LogP contribution in [0.2, 0.25) is 0 Å². The number of nitrogens with zero attached hydrogens (tertiary/aromatic N) is 3. The van der Waals surface area contributed by atoms with Crippen molar-refractivity contribution >= 4 is 0 Å². The highest BCUT2D eigenvalue weighted by atomic mass is 15.3. The second kappa shape index (κ2) is 6.57. The standard InChI is InChI=1S/C20H22N4/c1-15-12-21-9-6-19(15)17-3-2-4-18(11-17)20-7-10-24(23-20)14-16-5-8-22-13-16/h2-4,6-7,9-12,16,22H,5,8,13-14H2,1H3. The second-order valence-corrected chi connectivity index (χ2v) is 6.55. The van der Waals surface area contributed by atoms with Crippen molar-refractivity contribution in [1.82, 2.24) is 20.1 Å². The number of hydrogen-bond acceptors (Lipinski definition) is 3. The van der Waals surface area contributed by atoms with Gasteiger partial charge in [0.05, 0.1) is 5.69 Å². The van der Waals surface area contributed by atoms with Gasteiger partial charge < -0.3 is 5.32 Å². The third-order valence-corrected chi connectivity index (χ3v) is 4.74. The van der Waals surface area contributed by atoms with Crippen LogP contribution in [-0.2, 0) is 6.54 Å². The molecule has 1 fully saturated rings. The van der Waals surface area contributed by atoms with Gasteiger partial charge in [-0.3, -0.25) is 9.67 Å². The van der Waals surface area contributed by atoms with Gasteiger partial charge in [-0.25, -0.2) is 0 Å². The maximum absolute atomic E-state index is 4.78. The summed E-state index contributed by atoms with van der Waals surface area (Å²) in [7, 11) is 0. The Morgan fingerprint density at radius 2 is 2.12 bits per heavy atom. The van der Waals surface area contributed by atoms with Crippen molar-refractivity contribution in [3.63, 3.8) is 0 Å². The van der Waals surface area contributed by atoms with E-state index in [4.69, 9.17) is 5.10 Å². The molecule has 3 aromatic rings. The number of benzene rings is 1. The number of hydrogen-bond donors (Lipinski definition) is 1. The Morgan fingerprint density at radius 1 is 1.21 bits per heavy atom. The normalized spacial score (nSPS) is 17.3. The first-order valence-electron chi connectivity index (χ1n) is 8.55.